The molecule has 0 aromatic rings. The molecule has 0 aromatic carbocycles. The lowest BCUT2D eigenvalue weighted by Crippen LogP contribution is -2.53. The molecule has 9 heteroatoms. The van der Waals surface area contributed by atoms with Crippen LogP contribution in [0.15, 0.2) is 0 Å². The number of urea groups is 1. The van der Waals surface area contributed by atoms with Gasteiger partial charge in [-0.15, -0.1) is 0 Å². The molecule has 0 radical (unpaired) electrons. The number of hydrogen-bond acceptors (Lipinski definition) is 4. The first-order chi connectivity index (χ1) is 9.13. The summed E-state index contributed by atoms with van der Waals surface area (Å²) in [5, 5.41) is 13.3. The number of carboxylic acid groups (broad SMARTS) is 1. The summed E-state index contributed by atoms with van der Waals surface area (Å²) >= 11 is 0. The fourth-order valence-corrected chi connectivity index (χ4v) is 1.55. The molecule has 0 saturated carbocycles. The molecule has 1 unspecified atom stereocenters. The number of hydrogen-bond donors (Lipinski definition) is 5. The van der Waals surface area contributed by atoms with Gasteiger partial charge in [-0.3, -0.25) is 9.59 Å². The first kappa shape index (κ1) is 17.7. The smallest absolute Gasteiger partial charge is 0.326 e. The Bertz CT molecular complexity index is 396. The lowest BCUT2D eigenvalue weighted by molar-refractivity contribution is -0.143. The molecule has 0 aromatic heterocycles. The molecule has 0 aliphatic heterocycles. The van der Waals surface area contributed by atoms with E-state index in [2.05, 4.69) is 10.6 Å². The van der Waals surface area contributed by atoms with Crippen molar-refractivity contribution in [2.75, 3.05) is 0 Å². The number of nitrogens with two attached hydrogens (primary N) is 2. The highest BCUT2D eigenvalue weighted by atomic mass is 16.4. The van der Waals surface area contributed by atoms with Crippen molar-refractivity contribution < 1.29 is 24.3 Å². The summed E-state index contributed by atoms with van der Waals surface area (Å²) in [6, 6.07) is -3.31. The molecular formula is C11H20N4O5. The van der Waals surface area contributed by atoms with Crippen molar-refractivity contribution in [3.8, 4) is 0 Å². The SMILES string of the molecule is CC(C)CC(NC(N)=O)C(=O)N[C@H](CC(N)=O)C(=O)O. The van der Waals surface area contributed by atoms with Crippen molar-refractivity contribution in [3.63, 3.8) is 0 Å². The topological polar surface area (TPSA) is 165 Å². The first-order valence-corrected chi connectivity index (χ1v) is 6.01. The number of rotatable bonds is 8. The van der Waals surface area contributed by atoms with E-state index in [-0.39, 0.29) is 12.3 Å². The number of amides is 4. The zero-order valence-corrected chi connectivity index (χ0v) is 11.4. The van der Waals surface area contributed by atoms with E-state index in [0.717, 1.165) is 0 Å². The molecule has 2 atom stereocenters. The monoisotopic (exact) mass is 288 g/mol. The van der Waals surface area contributed by atoms with Crippen LogP contribution in [0.5, 0.6) is 0 Å². The molecule has 0 heterocycles. The third-order valence-electron chi connectivity index (χ3n) is 2.36. The van der Waals surface area contributed by atoms with Crippen molar-refractivity contribution in [1.82, 2.24) is 10.6 Å². The summed E-state index contributed by atoms with van der Waals surface area (Å²) in [7, 11) is 0. The fraction of sp³-hybridized carbons (Fsp3) is 0.636. The Labute approximate surface area is 116 Å². The lowest BCUT2D eigenvalue weighted by Gasteiger charge is -2.21. The van der Waals surface area contributed by atoms with Gasteiger partial charge in [-0.2, -0.15) is 0 Å². The minimum atomic E-state index is -1.44. The van der Waals surface area contributed by atoms with Gasteiger partial charge in [0.05, 0.1) is 6.42 Å². The molecule has 0 spiro atoms. The first-order valence-electron chi connectivity index (χ1n) is 6.01. The molecule has 4 amide bonds. The molecule has 0 rings (SSSR count). The molecule has 9 nitrogen and oxygen atoms in total. The standard InChI is InChI=1S/C11H20N4O5/c1-5(2)3-6(15-11(13)20)9(17)14-7(10(18)19)4-8(12)16/h5-7H,3-4H2,1-2H3,(H2,12,16)(H,14,17)(H,18,19)(H3,13,15,20)/t6?,7-/m1/s1. The number of carboxylic acids is 1. The summed E-state index contributed by atoms with van der Waals surface area (Å²) in [6.07, 6.45) is -0.260. The average Bonchev–Trinajstić information content (AvgIpc) is 2.24. The van der Waals surface area contributed by atoms with Crippen LogP contribution in [0.25, 0.3) is 0 Å². The number of carbonyl (C=O) groups excluding carboxylic acids is 3. The number of carbonyl (C=O) groups is 4. The average molecular weight is 288 g/mol. The second-order valence-electron chi connectivity index (χ2n) is 4.76. The quantitative estimate of drug-likeness (QED) is 0.366. The Balaban J connectivity index is 4.81. The number of primary amides is 2. The second-order valence-corrected chi connectivity index (χ2v) is 4.76. The Morgan fingerprint density at radius 2 is 1.60 bits per heavy atom. The largest absolute Gasteiger partial charge is 0.480 e. The number of nitrogens with one attached hydrogen (secondary N) is 2. The molecule has 0 saturated heterocycles. The molecule has 114 valence electrons. The summed E-state index contributed by atoms with van der Waals surface area (Å²) in [5.41, 5.74) is 9.86. The van der Waals surface area contributed by atoms with Crippen molar-refractivity contribution in [2.24, 2.45) is 17.4 Å². The van der Waals surface area contributed by atoms with Crippen LogP contribution in [0.1, 0.15) is 26.7 Å². The molecule has 0 bridgehead atoms. The maximum Gasteiger partial charge on any atom is 0.326 e. The highest BCUT2D eigenvalue weighted by Crippen LogP contribution is 2.05. The normalized spacial score (nSPS) is 13.3. The molecule has 20 heavy (non-hydrogen) atoms. The number of aliphatic carboxylic acids is 1. The van der Waals surface area contributed by atoms with Gasteiger partial charge in [0.2, 0.25) is 11.8 Å². The molecule has 7 N–H and O–H groups in total. The van der Waals surface area contributed by atoms with E-state index in [1.807, 2.05) is 13.8 Å². The van der Waals surface area contributed by atoms with Crippen LogP contribution in [0, 0.1) is 5.92 Å². The summed E-state index contributed by atoms with van der Waals surface area (Å²) in [5.74, 6) is -2.91. The van der Waals surface area contributed by atoms with Gasteiger partial charge in [-0.1, -0.05) is 13.8 Å². The minimum absolute atomic E-state index is 0.0667. The highest BCUT2D eigenvalue weighted by molar-refractivity contribution is 5.91. The third-order valence-corrected chi connectivity index (χ3v) is 2.36. The van der Waals surface area contributed by atoms with Gasteiger partial charge in [0.15, 0.2) is 0 Å². The Hall–Kier alpha value is -2.32. The van der Waals surface area contributed by atoms with Crippen molar-refractivity contribution >= 4 is 23.8 Å². The predicted molar refractivity (Wildman–Crippen MR) is 69.3 cm³/mol. The molecular weight excluding hydrogens is 268 g/mol. The molecule has 0 aliphatic rings. The van der Waals surface area contributed by atoms with Crippen molar-refractivity contribution in [3.05, 3.63) is 0 Å². The summed E-state index contributed by atoms with van der Waals surface area (Å²) in [4.78, 5) is 44.4. The third kappa shape index (κ3) is 7.19. The van der Waals surface area contributed by atoms with Crippen LogP contribution >= 0.6 is 0 Å². The van der Waals surface area contributed by atoms with Gasteiger partial charge in [0, 0.05) is 0 Å². The van der Waals surface area contributed by atoms with Gasteiger partial charge in [-0.05, 0) is 12.3 Å². The van der Waals surface area contributed by atoms with Gasteiger partial charge >= 0.3 is 12.0 Å². The Morgan fingerprint density at radius 3 is 1.95 bits per heavy atom. The van der Waals surface area contributed by atoms with Crippen LogP contribution in [0.4, 0.5) is 4.79 Å². The van der Waals surface area contributed by atoms with Crippen molar-refractivity contribution in [2.45, 2.75) is 38.8 Å². The van der Waals surface area contributed by atoms with E-state index in [9.17, 15) is 19.2 Å². The van der Waals surface area contributed by atoms with E-state index in [0.29, 0.717) is 0 Å². The fourth-order valence-electron chi connectivity index (χ4n) is 1.55. The van der Waals surface area contributed by atoms with E-state index in [1.165, 1.54) is 0 Å². The minimum Gasteiger partial charge on any atom is -0.480 e. The molecule has 0 fully saturated rings. The Kier molecular flexibility index (Phi) is 7.05. The van der Waals surface area contributed by atoms with Crippen LogP contribution in [-0.2, 0) is 14.4 Å². The summed E-state index contributed by atoms with van der Waals surface area (Å²) < 4.78 is 0. The second kappa shape index (κ2) is 7.97. The van der Waals surface area contributed by atoms with Crippen molar-refractivity contribution in [1.29, 1.82) is 0 Å². The van der Waals surface area contributed by atoms with Crippen LogP contribution in [0.3, 0.4) is 0 Å². The van der Waals surface area contributed by atoms with Crippen LogP contribution < -0.4 is 22.1 Å². The van der Waals surface area contributed by atoms with E-state index < -0.39 is 42.3 Å². The zero-order valence-electron chi connectivity index (χ0n) is 11.4. The highest BCUT2D eigenvalue weighted by Gasteiger charge is 2.27. The Morgan fingerprint density at radius 1 is 1.05 bits per heavy atom. The predicted octanol–water partition coefficient (Wildman–Crippen LogP) is -1.49. The van der Waals surface area contributed by atoms with Crippen LogP contribution in [-0.4, -0.2) is 41.0 Å². The van der Waals surface area contributed by atoms with Gasteiger partial charge in [0.25, 0.3) is 0 Å². The van der Waals surface area contributed by atoms with E-state index in [1.54, 1.807) is 0 Å². The maximum atomic E-state index is 11.9. The maximum absolute atomic E-state index is 11.9. The lowest BCUT2D eigenvalue weighted by atomic mass is 10.0. The van der Waals surface area contributed by atoms with E-state index in [4.69, 9.17) is 16.6 Å². The van der Waals surface area contributed by atoms with Gasteiger partial charge in [0.1, 0.15) is 12.1 Å². The summed E-state index contributed by atoms with van der Waals surface area (Å²) in [6.45, 7) is 3.64. The zero-order chi connectivity index (χ0) is 15.9. The van der Waals surface area contributed by atoms with Crippen LogP contribution in [0.2, 0.25) is 0 Å². The van der Waals surface area contributed by atoms with Gasteiger partial charge < -0.3 is 27.2 Å². The molecule has 0 aliphatic carbocycles. The van der Waals surface area contributed by atoms with Gasteiger partial charge in [-0.25, -0.2) is 9.59 Å². The van der Waals surface area contributed by atoms with E-state index >= 15 is 0 Å².